The molecule has 0 N–H and O–H groups in total. The summed E-state index contributed by atoms with van der Waals surface area (Å²) in [5, 5.41) is 7.32. The number of fused-ring (bicyclic) bond motifs is 5. The maximum atomic E-state index is 6.28. The summed E-state index contributed by atoms with van der Waals surface area (Å²) < 4.78 is 6.28. The van der Waals surface area contributed by atoms with Crippen LogP contribution in [0.5, 0.6) is 0 Å². The van der Waals surface area contributed by atoms with Gasteiger partial charge < -0.3 is 4.42 Å². The van der Waals surface area contributed by atoms with Crippen molar-refractivity contribution in [1.29, 1.82) is 0 Å². The quantitative estimate of drug-likeness (QED) is 0.173. The van der Waals surface area contributed by atoms with Crippen LogP contribution in [0, 0.1) is 0 Å². The first-order valence-corrected chi connectivity index (χ1v) is 13.5. The highest BCUT2D eigenvalue weighted by molar-refractivity contribution is 6.25. The zero-order valence-electron chi connectivity index (χ0n) is 22.1. The smallest absolute Gasteiger partial charge is 0.136 e. The minimum atomic E-state index is 0.919. The number of benzene rings is 6. The Labute approximate surface area is 228 Å². The largest absolute Gasteiger partial charge is 0.456 e. The fourth-order valence-electron chi connectivity index (χ4n) is 5.95. The number of hydrogen-bond donors (Lipinski definition) is 0. The second kappa shape index (κ2) is 9.45. The van der Waals surface area contributed by atoms with Gasteiger partial charge in [-0.15, -0.1) is 0 Å². The van der Waals surface area contributed by atoms with E-state index in [9.17, 15) is 0 Å². The van der Waals surface area contributed by atoms with Gasteiger partial charge in [-0.25, -0.2) is 0 Å². The summed E-state index contributed by atoms with van der Waals surface area (Å²) in [7, 11) is 0. The highest BCUT2D eigenvalue weighted by Gasteiger charge is 2.19. The van der Waals surface area contributed by atoms with E-state index in [-0.39, 0.29) is 0 Å². The van der Waals surface area contributed by atoms with Crippen LogP contribution in [-0.2, 0) is 0 Å². The molecule has 1 heterocycles. The van der Waals surface area contributed by atoms with Crippen molar-refractivity contribution in [3.8, 4) is 22.3 Å². The van der Waals surface area contributed by atoms with Gasteiger partial charge in [0.1, 0.15) is 11.2 Å². The summed E-state index contributed by atoms with van der Waals surface area (Å²) in [6.07, 6.45) is 6.31. The van der Waals surface area contributed by atoms with Crippen LogP contribution >= 0.6 is 0 Å². The molecule has 0 saturated heterocycles. The monoisotopic (exact) mass is 500 g/mol. The summed E-state index contributed by atoms with van der Waals surface area (Å²) >= 11 is 0. The van der Waals surface area contributed by atoms with Gasteiger partial charge in [0, 0.05) is 10.8 Å². The van der Waals surface area contributed by atoms with Crippen LogP contribution in [0.1, 0.15) is 19.4 Å². The van der Waals surface area contributed by atoms with Crippen LogP contribution < -0.4 is 0 Å². The Morgan fingerprint density at radius 2 is 1.13 bits per heavy atom. The molecule has 1 nitrogen and oxygen atoms in total. The third-order valence-electron chi connectivity index (χ3n) is 7.77. The zero-order chi connectivity index (χ0) is 26.3. The molecule has 0 aliphatic carbocycles. The van der Waals surface area contributed by atoms with Gasteiger partial charge >= 0.3 is 0 Å². The lowest BCUT2D eigenvalue weighted by atomic mass is 9.84. The average molecular weight is 501 g/mol. The Balaban J connectivity index is 1.55. The molecule has 6 aromatic carbocycles. The van der Waals surface area contributed by atoms with E-state index in [0.717, 1.165) is 16.6 Å². The molecule has 7 aromatic rings. The molecule has 0 unspecified atom stereocenters. The van der Waals surface area contributed by atoms with Crippen molar-refractivity contribution in [1.82, 2.24) is 0 Å². The van der Waals surface area contributed by atoms with Crippen molar-refractivity contribution < 1.29 is 4.42 Å². The molecule has 0 aliphatic heterocycles. The van der Waals surface area contributed by atoms with Gasteiger partial charge in [0.25, 0.3) is 0 Å². The molecule has 0 bridgehead atoms. The van der Waals surface area contributed by atoms with Gasteiger partial charge in [-0.05, 0) is 80.9 Å². The maximum Gasteiger partial charge on any atom is 0.136 e. The van der Waals surface area contributed by atoms with Crippen LogP contribution in [0.3, 0.4) is 0 Å². The van der Waals surface area contributed by atoms with E-state index in [0.29, 0.717) is 0 Å². The van der Waals surface area contributed by atoms with E-state index in [1.807, 2.05) is 13.0 Å². The number of para-hydroxylation sites is 1. The highest BCUT2D eigenvalue weighted by atomic mass is 16.3. The van der Waals surface area contributed by atoms with Gasteiger partial charge in [-0.1, -0.05) is 121 Å². The lowest BCUT2D eigenvalue weighted by Gasteiger charge is -2.18. The first-order valence-electron chi connectivity index (χ1n) is 13.5. The lowest BCUT2D eigenvalue weighted by molar-refractivity contribution is 0.669. The van der Waals surface area contributed by atoms with Crippen molar-refractivity contribution in [2.75, 3.05) is 0 Å². The molecule has 0 atom stereocenters. The van der Waals surface area contributed by atoms with Crippen LogP contribution in [0.2, 0.25) is 0 Å². The predicted octanol–water partition coefficient (Wildman–Crippen LogP) is 11.2. The second-order valence-electron chi connectivity index (χ2n) is 10.1. The van der Waals surface area contributed by atoms with Crippen molar-refractivity contribution in [2.24, 2.45) is 0 Å². The molecule has 0 fully saturated rings. The van der Waals surface area contributed by atoms with Crippen LogP contribution in [0.4, 0.5) is 0 Å². The Hall–Kier alpha value is -4.88. The summed E-state index contributed by atoms with van der Waals surface area (Å²) in [5.74, 6) is 0. The van der Waals surface area contributed by atoms with Crippen LogP contribution in [0.15, 0.2) is 138 Å². The summed E-state index contributed by atoms with van der Waals surface area (Å²) in [5.41, 5.74) is 9.29. The Morgan fingerprint density at radius 1 is 0.564 bits per heavy atom. The van der Waals surface area contributed by atoms with Crippen molar-refractivity contribution in [3.63, 3.8) is 0 Å². The maximum absolute atomic E-state index is 6.28. The van der Waals surface area contributed by atoms with Crippen molar-refractivity contribution in [3.05, 3.63) is 139 Å². The summed E-state index contributed by atoms with van der Waals surface area (Å²) in [4.78, 5) is 0. The molecule has 1 heteroatoms. The fourth-order valence-corrected chi connectivity index (χ4v) is 5.95. The van der Waals surface area contributed by atoms with E-state index < -0.39 is 0 Å². The summed E-state index contributed by atoms with van der Waals surface area (Å²) in [6, 6.07) is 41.4. The van der Waals surface area contributed by atoms with Crippen molar-refractivity contribution >= 4 is 49.1 Å². The van der Waals surface area contributed by atoms with Crippen LogP contribution in [0.25, 0.3) is 71.3 Å². The number of rotatable bonds is 4. The molecule has 0 radical (unpaired) electrons. The fraction of sp³-hybridized carbons (Fsp3) is 0.0526. The topological polar surface area (TPSA) is 13.1 Å². The molecule has 186 valence electrons. The minimum Gasteiger partial charge on any atom is -0.456 e. The Morgan fingerprint density at radius 3 is 1.77 bits per heavy atom. The standard InChI is InChI=1S/C38H28O/c1-3-4-12-25(2)26-21-23-27(24-22-26)36-28-13-5-7-15-30(28)37(31-16-8-6-14-29(31)36)33-18-11-20-35-38(33)32-17-9-10-19-34(32)39-35/h3-24H,1-2H3/b4-3-,25-12+. The molecule has 0 amide bonds. The highest BCUT2D eigenvalue weighted by Crippen LogP contribution is 2.46. The van der Waals surface area contributed by atoms with Gasteiger partial charge in [-0.3, -0.25) is 0 Å². The molecular weight excluding hydrogens is 472 g/mol. The first-order chi connectivity index (χ1) is 19.2. The summed E-state index contributed by atoms with van der Waals surface area (Å²) in [6.45, 7) is 4.21. The van der Waals surface area contributed by atoms with Crippen molar-refractivity contribution in [2.45, 2.75) is 13.8 Å². The Kier molecular flexibility index (Phi) is 5.64. The molecule has 39 heavy (non-hydrogen) atoms. The van der Waals surface area contributed by atoms with E-state index in [2.05, 4.69) is 134 Å². The molecule has 1 aromatic heterocycles. The minimum absolute atomic E-state index is 0.919. The molecule has 0 saturated carbocycles. The van der Waals surface area contributed by atoms with Crippen LogP contribution in [-0.4, -0.2) is 0 Å². The zero-order valence-corrected chi connectivity index (χ0v) is 22.1. The van der Waals surface area contributed by atoms with Gasteiger partial charge in [0.05, 0.1) is 0 Å². The average Bonchev–Trinajstić information content (AvgIpc) is 3.38. The molecule has 7 rings (SSSR count). The second-order valence-corrected chi connectivity index (χ2v) is 10.1. The van der Waals surface area contributed by atoms with Gasteiger partial charge in [0.15, 0.2) is 0 Å². The molecule has 0 spiro atoms. The van der Waals surface area contributed by atoms with E-state index in [1.54, 1.807) is 0 Å². The number of allylic oxidation sites excluding steroid dienone is 4. The molecular formula is C38H28O. The first kappa shape index (κ1) is 23.3. The number of furan rings is 1. The molecule has 0 aliphatic rings. The third kappa shape index (κ3) is 3.78. The Bertz CT molecular complexity index is 2010. The van der Waals surface area contributed by atoms with E-state index in [1.165, 1.54) is 60.3 Å². The normalized spacial score (nSPS) is 12.4. The predicted molar refractivity (Wildman–Crippen MR) is 168 cm³/mol. The van der Waals surface area contributed by atoms with Gasteiger partial charge in [0.2, 0.25) is 0 Å². The van der Waals surface area contributed by atoms with Gasteiger partial charge in [-0.2, -0.15) is 0 Å². The lowest BCUT2D eigenvalue weighted by Crippen LogP contribution is -1.91. The third-order valence-corrected chi connectivity index (χ3v) is 7.77. The van der Waals surface area contributed by atoms with E-state index in [4.69, 9.17) is 4.42 Å². The van der Waals surface area contributed by atoms with E-state index >= 15 is 0 Å². The number of hydrogen-bond acceptors (Lipinski definition) is 1. The SMILES string of the molecule is C/C=C\C=C(/C)c1ccc(-c2c3ccccc3c(-c3cccc4oc5ccccc5c34)c3ccccc23)cc1.